The van der Waals surface area contributed by atoms with E-state index in [4.69, 9.17) is 9.47 Å². The molecule has 2 aromatic carbocycles. The van der Waals surface area contributed by atoms with E-state index in [1.54, 1.807) is 67.0 Å². The maximum absolute atomic E-state index is 12.4. The predicted octanol–water partition coefficient (Wildman–Crippen LogP) is 3.71. The Labute approximate surface area is 167 Å². The Morgan fingerprint density at radius 3 is 2.59 bits per heavy atom. The number of aromatic nitrogens is 1. The number of benzene rings is 2. The van der Waals surface area contributed by atoms with E-state index in [1.165, 1.54) is 6.08 Å². The van der Waals surface area contributed by atoms with Crippen LogP contribution in [0.5, 0.6) is 11.5 Å². The van der Waals surface area contributed by atoms with Crippen molar-refractivity contribution in [1.82, 2.24) is 4.98 Å². The smallest absolute Gasteiger partial charge is 0.255 e. The standard InChI is InChI=1S/C22H17N3O4/c26-21(7-5-15-4-6-19-20(12-15)29-14-28-19)24-18-3-1-2-16(13-18)22(27)25-17-8-10-23-11-9-17/h1-13H,14H2,(H,24,26)(H,23,25,27)/b7-5+. The number of pyridine rings is 1. The Balaban J connectivity index is 1.39. The van der Waals surface area contributed by atoms with E-state index in [-0.39, 0.29) is 18.6 Å². The van der Waals surface area contributed by atoms with Crippen LogP contribution in [0.25, 0.3) is 6.08 Å². The van der Waals surface area contributed by atoms with Crippen LogP contribution in [0, 0.1) is 0 Å². The van der Waals surface area contributed by atoms with Crippen molar-refractivity contribution in [3.63, 3.8) is 0 Å². The molecule has 3 aromatic rings. The number of anilines is 2. The minimum Gasteiger partial charge on any atom is -0.454 e. The lowest BCUT2D eigenvalue weighted by molar-refractivity contribution is -0.111. The number of nitrogens with zero attached hydrogens (tertiary/aromatic N) is 1. The number of rotatable bonds is 5. The number of hydrogen-bond donors (Lipinski definition) is 2. The van der Waals surface area contributed by atoms with Gasteiger partial charge in [0, 0.05) is 35.4 Å². The van der Waals surface area contributed by atoms with E-state index >= 15 is 0 Å². The minimum absolute atomic E-state index is 0.202. The van der Waals surface area contributed by atoms with E-state index in [0.29, 0.717) is 28.4 Å². The Morgan fingerprint density at radius 1 is 0.897 bits per heavy atom. The van der Waals surface area contributed by atoms with Crippen LogP contribution in [0.2, 0.25) is 0 Å². The Morgan fingerprint density at radius 2 is 1.72 bits per heavy atom. The van der Waals surface area contributed by atoms with Crippen LogP contribution in [-0.2, 0) is 4.79 Å². The zero-order chi connectivity index (χ0) is 20.1. The van der Waals surface area contributed by atoms with Crippen molar-refractivity contribution in [2.24, 2.45) is 0 Å². The van der Waals surface area contributed by atoms with Crippen LogP contribution in [0.1, 0.15) is 15.9 Å². The summed E-state index contributed by atoms with van der Waals surface area (Å²) in [5.41, 5.74) is 2.41. The molecule has 0 saturated carbocycles. The van der Waals surface area contributed by atoms with Gasteiger partial charge in [0.1, 0.15) is 0 Å². The van der Waals surface area contributed by atoms with Gasteiger partial charge in [-0.25, -0.2) is 0 Å². The fourth-order valence-corrected chi connectivity index (χ4v) is 2.75. The van der Waals surface area contributed by atoms with Crippen molar-refractivity contribution in [2.45, 2.75) is 0 Å². The molecule has 0 aliphatic carbocycles. The van der Waals surface area contributed by atoms with Crippen LogP contribution in [0.4, 0.5) is 11.4 Å². The molecule has 29 heavy (non-hydrogen) atoms. The summed E-state index contributed by atoms with van der Waals surface area (Å²) < 4.78 is 10.6. The second-order valence-electron chi connectivity index (χ2n) is 6.21. The van der Waals surface area contributed by atoms with Crippen molar-refractivity contribution in [3.8, 4) is 11.5 Å². The van der Waals surface area contributed by atoms with Gasteiger partial charge in [-0.1, -0.05) is 12.1 Å². The van der Waals surface area contributed by atoms with Gasteiger partial charge in [0.05, 0.1) is 0 Å². The molecule has 1 aliphatic rings. The summed E-state index contributed by atoms with van der Waals surface area (Å²) in [6.45, 7) is 0.202. The fraction of sp³-hybridized carbons (Fsp3) is 0.0455. The quantitative estimate of drug-likeness (QED) is 0.652. The average Bonchev–Trinajstić information content (AvgIpc) is 3.21. The molecule has 1 aromatic heterocycles. The largest absolute Gasteiger partial charge is 0.454 e. The maximum atomic E-state index is 12.4. The van der Waals surface area contributed by atoms with Crippen molar-refractivity contribution >= 4 is 29.3 Å². The van der Waals surface area contributed by atoms with Gasteiger partial charge >= 0.3 is 0 Å². The maximum Gasteiger partial charge on any atom is 0.255 e. The molecule has 1 aliphatic heterocycles. The molecular weight excluding hydrogens is 370 g/mol. The highest BCUT2D eigenvalue weighted by molar-refractivity contribution is 6.06. The lowest BCUT2D eigenvalue weighted by atomic mass is 10.1. The number of ether oxygens (including phenoxy) is 2. The number of carbonyl (C=O) groups excluding carboxylic acids is 2. The molecule has 2 N–H and O–H groups in total. The Bertz CT molecular complexity index is 1080. The summed E-state index contributed by atoms with van der Waals surface area (Å²) in [6.07, 6.45) is 6.29. The molecule has 2 amide bonds. The zero-order valence-electron chi connectivity index (χ0n) is 15.3. The van der Waals surface area contributed by atoms with Gasteiger partial charge in [0.15, 0.2) is 11.5 Å². The van der Waals surface area contributed by atoms with Gasteiger partial charge in [-0.3, -0.25) is 14.6 Å². The van der Waals surface area contributed by atoms with Gasteiger partial charge < -0.3 is 20.1 Å². The summed E-state index contributed by atoms with van der Waals surface area (Å²) in [5.74, 6) is 0.756. The summed E-state index contributed by atoms with van der Waals surface area (Å²) in [6, 6.07) is 15.5. The lowest BCUT2D eigenvalue weighted by Crippen LogP contribution is -2.13. The topological polar surface area (TPSA) is 89.5 Å². The van der Waals surface area contributed by atoms with Crippen LogP contribution in [0.15, 0.2) is 73.1 Å². The van der Waals surface area contributed by atoms with E-state index in [0.717, 1.165) is 5.56 Å². The highest BCUT2D eigenvalue weighted by Crippen LogP contribution is 2.32. The number of nitrogens with one attached hydrogen (secondary N) is 2. The van der Waals surface area contributed by atoms with Gasteiger partial charge in [-0.15, -0.1) is 0 Å². The highest BCUT2D eigenvalue weighted by Gasteiger charge is 2.12. The van der Waals surface area contributed by atoms with Crippen LogP contribution in [0.3, 0.4) is 0 Å². The van der Waals surface area contributed by atoms with E-state index in [2.05, 4.69) is 15.6 Å². The Hall–Kier alpha value is -4.13. The molecule has 0 atom stereocenters. The third-order valence-corrected chi connectivity index (χ3v) is 4.15. The summed E-state index contributed by atoms with van der Waals surface area (Å²) in [7, 11) is 0. The minimum atomic E-state index is -0.311. The van der Waals surface area contributed by atoms with Gasteiger partial charge in [-0.05, 0) is 54.1 Å². The number of fused-ring (bicyclic) bond motifs is 1. The molecule has 0 fully saturated rings. The van der Waals surface area contributed by atoms with Gasteiger partial charge in [0.2, 0.25) is 12.7 Å². The van der Waals surface area contributed by atoms with E-state index < -0.39 is 0 Å². The lowest BCUT2D eigenvalue weighted by Gasteiger charge is -2.07. The van der Waals surface area contributed by atoms with E-state index in [9.17, 15) is 9.59 Å². The third kappa shape index (κ3) is 4.59. The first-order valence-electron chi connectivity index (χ1n) is 8.87. The van der Waals surface area contributed by atoms with Crippen LogP contribution >= 0.6 is 0 Å². The molecule has 0 saturated heterocycles. The SMILES string of the molecule is O=C(/C=C/c1ccc2c(c1)OCO2)Nc1cccc(C(=O)Nc2ccncc2)c1. The van der Waals surface area contributed by atoms with Gasteiger partial charge in [-0.2, -0.15) is 0 Å². The average molecular weight is 387 g/mol. The molecule has 7 nitrogen and oxygen atoms in total. The highest BCUT2D eigenvalue weighted by atomic mass is 16.7. The van der Waals surface area contributed by atoms with Gasteiger partial charge in [0.25, 0.3) is 5.91 Å². The Kier molecular flexibility index (Phi) is 5.20. The first kappa shape index (κ1) is 18.2. The van der Waals surface area contributed by atoms with Crippen molar-refractivity contribution in [1.29, 1.82) is 0 Å². The second kappa shape index (κ2) is 8.26. The first-order valence-corrected chi connectivity index (χ1v) is 8.87. The predicted molar refractivity (Wildman–Crippen MR) is 109 cm³/mol. The zero-order valence-corrected chi connectivity index (χ0v) is 15.3. The molecule has 0 spiro atoms. The van der Waals surface area contributed by atoms with Crippen molar-refractivity contribution in [3.05, 3.63) is 84.2 Å². The molecule has 144 valence electrons. The molecule has 0 unspecified atom stereocenters. The van der Waals surface area contributed by atoms with Crippen molar-refractivity contribution in [2.75, 3.05) is 17.4 Å². The summed E-state index contributed by atoms with van der Waals surface area (Å²) in [5, 5.41) is 5.53. The first-order chi connectivity index (χ1) is 14.2. The van der Waals surface area contributed by atoms with Crippen LogP contribution in [-0.4, -0.2) is 23.6 Å². The van der Waals surface area contributed by atoms with Crippen LogP contribution < -0.4 is 20.1 Å². The molecular formula is C22H17N3O4. The van der Waals surface area contributed by atoms with Crippen molar-refractivity contribution < 1.29 is 19.1 Å². The summed E-state index contributed by atoms with van der Waals surface area (Å²) >= 11 is 0. The second-order valence-corrected chi connectivity index (χ2v) is 6.21. The van der Waals surface area contributed by atoms with E-state index in [1.807, 2.05) is 6.07 Å². The molecule has 4 rings (SSSR count). The normalized spacial score (nSPS) is 12.0. The number of amides is 2. The fourth-order valence-electron chi connectivity index (χ4n) is 2.75. The monoisotopic (exact) mass is 387 g/mol. The third-order valence-electron chi connectivity index (χ3n) is 4.15. The molecule has 0 bridgehead atoms. The molecule has 7 heteroatoms. The molecule has 2 heterocycles. The summed E-state index contributed by atoms with van der Waals surface area (Å²) in [4.78, 5) is 28.5. The number of hydrogen-bond acceptors (Lipinski definition) is 5. The molecule has 0 radical (unpaired) electrons. The number of carbonyl (C=O) groups is 2.